The zero-order valence-electron chi connectivity index (χ0n) is 16.7. The maximum atomic E-state index is 9.81. The van der Waals surface area contributed by atoms with Crippen LogP contribution < -0.4 is 18.9 Å². The molecule has 3 rings (SSSR count). The Kier molecular flexibility index (Phi) is 8.42. The molecule has 0 fully saturated rings. The Morgan fingerprint density at radius 2 is 1.07 bits per heavy atom. The van der Waals surface area contributed by atoms with Crippen molar-refractivity contribution in [1.82, 2.24) is 0 Å². The lowest BCUT2D eigenvalue weighted by molar-refractivity contribution is 0.0639. The number of ether oxygens (including phenoxy) is 6. The third-order valence-electron chi connectivity index (χ3n) is 4.24. The molecule has 1 N–H and O–H groups in total. The van der Waals surface area contributed by atoms with Gasteiger partial charge in [-0.15, -0.1) is 0 Å². The number of aliphatic hydroxyl groups excluding tert-OH is 1. The molecule has 1 aliphatic rings. The van der Waals surface area contributed by atoms with Crippen molar-refractivity contribution in [3.8, 4) is 23.0 Å². The first-order valence-electron chi connectivity index (χ1n) is 9.82. The fourth-order valence-corrected chi connectivity index (χ4v) is 2.75. The van der Waals surface area contributed by atoms with Gasteiger partial charge in [0.15, 0.2) is 23.0 Å². The van der Waals surface area contributed by atoms with E-state index in [1.165, 1.54) is 0 Å². The van der Waals surface area contributed by atoms with E-state index < -0.39 is 6.10 Å². The summed E-state index contributed by atoms with van der Waals surface area (Å²) in [4.78, 5) is 0. The molecule has 0 unspecified atom stereocenters. The van der Waals surface area contributed by atoms with Crippen LogP contribution in [0.3, 0.4) is 0 Å². The molecular weight excluding hydrogens is 376 g/mol. The third-order valence-corrected chi connectivity index (χ3v) is 4.24. The first-order chi connectivity index (χ1) is 14.2. The van der Waals surface area contributed by atoms with Crippen molar-refractivity contribution < 1.29 is 33.5 Å². The minimum Gasteiger partial charge on any atom is -0.487 e. The maximum Gasteiger partial charge on any atom is 0.161 e. The average Bonchev–Trinajstić information content (AvgIpc) is 2.73. The van der Waals surface area contributed by atoms with E-state index in [1.54, 1.807) is 19.1 Å². The molecule has 7 heteroatoms. The Bertz CT molecular complexity index is 748. The first kappa shape index (κ1) is 21.2. The highest BCUT2D eigenvalue weighted by Gasteiger charge is 2.10. The smallest absolute Gasteiger partial charge is 0.161 e. The van der Waals surface area contributed by atoms with E-state index in [4.69, 9.17) is 28.4 Å². The lowest BCUT2D eigenvalue weighted by atomic mass is 10.1. The van der Waals surface area contributed by atoms with Crippen LogP contribution in [0.15, 0.2) is 42.5 Å². The monoisotopic (exact) mass is 404 g/mol. The van der Waals surface area contributed by atoms with Crippen LogP contribution >= 0.6 is 0 Å². The Labute approximate surface area is 171 Å². The summed E-state index contributed by atoms with van der Waals surface area (Å²) in [5, 5.41) is 9.81. The predicted octanol–water partition coefficient (Wildman–Crippen LogP) is 3.00. The Hall–Kier alpha value is -2.48. The molecule has 0 aromatic heterocycles. The van der Waals surface area contributed by atoms with Gasteiger partial charge in [-0.1, -0.05) is 18.2 Å². The molecule has 2 aromatic carbocycles. The van der Waals surface area contributed by atoms with Crippen molar-refractivity contribution in [2.45, 2.75) is 13.0 Å². The number of benzene rings is 2. The van der Waals surface area contributed by atoms with Crippen molar-refractivity contribution in [1.29, 1.82) is 0 Å². The zero-order valence-corrected chi connectivity index (χ0v) is 16.7. The molecule has 1 heterocycles. The fourth-order valence-electron chi connectivity index (χ4n) is 2.75. The van der Waals surface area contributed by atoms with Crippen LogP contribution in [-0.2, 0) is 9.47 Å². The number of para-hydroxylation sites is 2. The van der Waals surface area contributed by atoms with Crippen LogP contribution in [0.2, 0.25) is 0 Å². The summed E-state index contributed by atoms with van der Waals surface area (Å²) in [6.45, 7) is 4.95. The van der Waals surface area contributed by atoms with Crippen LogP contribution in [0, 0.1) is 0 Å². The van der Waals surface area contributed by atoms with Crippen LogP contribution in [0.5, 0.6) is 23.0 Å². The molecule has 0 bridgehead atoms. The standard InChI is InChI=1S/C22H28O7/c1-17(23)18-6-7-21-22(16-18)29-15-11-25-9-13-27-20-5-3-2-4-19(20)26-12-8-24-10-14-28-21/h2-7,16-17,23H,8-15H2,1H3/t17-/m1/s1. The summed E-state index contributed by atoms with van der Waals surface area (Å²) in [5.41, 5.74) is 0.760. The van der Waals surface area contributed by atoms with Crippen LogP contribution in [-0.4, -0.2) is 58.0 Å². The largest absolute Gasteiger partial charge is 0.487 e. The second-order valence-electron chi connectivity index (χ2n) is 6.45. The molecular formula is C22H28O7. The molecule has 0 saturated heterocycles. The first-order valence-corrected chi connectivity index (χ1v) is 9.82. The normalized spacial score (nSPS) is 17.6. The second-order valence-corrected chi connectivity index (χ2v) is 6.45. The van der Waals surface area contributed by atoms with E-state index >= 15 is 0 Å². The van der Waals surface area contributed by atoms with Crippen molar-refractivity contribution in [2.75, 3.05) is 52.9 Å². The summed E-state index contributed by atoms with van der Waals surface area (Å²) < 4.78 is 34.3. The molecule has 2 aromatic rings. The van der Waals surface area contributed by atoms with Crippen molar-refractivity contribution >= 4 is 0 Å². The molecule has 0 spiro atoms. The van der Waals surface area contributed by atoms with E-state index in [1.807, 2.05) is 30.3 Å². The summed E-state index contributed by atoms with van der Waals surface area (Å²) >= 11 is 0. The summed E-state index contributed by atoms with van der Waals surface area (Å²) in [7, 11) is 0. The Morgan fingerprint density at radius 3 is 1.55 bits per heavy atom. The third kappa shape index (κ3) is 6.81. The van der Waals surface area contributed by atoms with Gasteiger partial charge in [0.2, 0.25) is 0 Å². The number of hydrogen-bond donors (Lipinski definition) is 1. The molecule has 7 nitrogen and oxygen atoms in total. The van der Waals surface area contributed by atoms with E-state index in [0.29, 0.717) is 75.9 Å². The van der Waals surface area contributed by atoms with Crippen LogP contribution in [0.4, 0.5) is 0 Å². The highest BCUT2D eigenvalue weighted by Crippen LogP contribution is 2.31. The van der Waals surface area contributed by atoms with Gasteiger partial charge in [0.1, 0.15) is 26.4 Å². The lowest BCUT2D eigenvalue weighted by Crippen LogP contribution is -2.15. The number of hydrogen-bond acceptors (Lipinski definition) is 7. The summed E-state index contributed by atoms with van der Waals surface area (Å²) in [5.74, 6) is 2.53. The SMILES string of the molecule is C[C@@H](O)c1ccc2c(c1)OCCOCCOc1ccccc1OCCOCCO2. The molecule has 1 atom stereocenters. The van der Waals surface area contributed by atoms with Gasteiger partial charge in [-0.25, -0.2) is 0 Å². The zero-order chi connectivity index (χ0) is 20.3. The van der Waals surface area contributed by atoms with E-state index in [-0.39, 0.29) is 0 Å². The highest BCUT2D eigenvalue weighted by molar-refractivity contribution is 5.43. The second kappa shape index (κ2) is 11.5. The number of aliphatic hydroxyl groups is 1. The maximum absolute atomic E-state index is 9.81. The van der Waals surface area contributed by atoms with Gasteiger partial charge in [0, 0.05) is 0 Å². The molecule has 0 saturated carbocycles. The van der Waals surface area contributed by atoms with Gasteiger partial charge in [-0.3, -0.25) is 0 Å². The summed E-state index contributed by atoms with van der Waals surface area (Å²) in [6.07, 6.45) is -0.587. The van der Waals surface area contributed by atoms with Crippen LogP contribution in [0.25, 0.3) is 0 Å². The molecule has 158 valence electrons. The van der Waals surface area contributed by atoms with E-state index in [2.05, 4.69) is 0 Å². The predicted molar refractivity (Wildman–Crippen MR) is 107 cm³/mol. The molecule has 1 aliphatic heterocycles. The van der Waals surface area contributed by atoms with Gasteiger partial charge < -0.3 is 33.5 Å². The summed E-state index contributed by atoms with van der Waals surface area (Å²) in [6, 6.07) is 12.9. The molecule has 0 radical (unpaired) electrons. The molecule has 0 amide bonds. The van der Waals surface area contributed by atoms with Crippen molar-refractivity contribution in [3.05, 3.63) is 48.0 Å². The van der Waals surface area contributed by atoms with Crippen molar-refractivity contribution in [3.63, 3.8) is 0 Å². The van der Waals surface area contributed by atoms with E-state index in [0.717, 1.165) is 5.56 Å². The minimum absolute atomic E-state index is 0.357. The van der Waals surface area contributed by atoms with Gasteiger partial charge in [0.05, 0.1) is 32.5 Å². The average molecular weight is 404 g/mol. The fraction of sp³-hybridized carbons (Fsp3) is 0.455. The van der Waals surface area contributed by atoms with Crippen LogP contribution in [0.1, 0.15) is 18.6 Å². The van der Waals surface area contributed by atoms with Gasteiger partial charge in [-0.2, -0.15) is 0 Å². The van der Waals surface area contributed by atoms with Gasteiger partial charge in [0.25, 0.3) is 0 Å². The number of rotatable bonds is 1. The van der Waals surface area contributed by atoms with Gasteiger partial charge >= 0.3 is 0 Å². The highest BCUT2D eigenvalue weighted by atomic mass is 16.6. The topological polar surface area (TPSA) is 75.6 Å². The quantitative estimate of drug-likeness (QED) is 0.783. The minimum atomic E-state index is -0.587. The number of fused-ring (bicyclic) bond motifs is 2. The Morgan fingerprint density at radius 1 is 0.621 bits per heavy atom. The van der Waals surface area contributed by atoms with Gasteiger partial charge in [-0.05, 0) is 36.8 Å². The molecule has 0 aliphatic carbocycles. The molecule has 29 heavy (non-hydrogen) atoms. The Balaban J connectivity index is 1.60. The lowest BCUT2D eigenvalue weighted by Gasteiger charge is -2.16. The van der Waals surface area contributed by atoms with Crippen molar-refractivity contribution in [2.24, 2.45) is 0 Å². The van der Waals surface area contributed by atoms with E-state index in [9.17, 15) is 5.11 Å².